The van der Waals surface area contributed by atoms with Crippen molar-refractivity contribution >= 4 is 28.3 Å². The van der Waals surface area contributed by atoms with Gasteiger partial charge in [-0.2, -0.15) is 4.98 Å². The Kier molecular flexibility index (Phi) is 1.70. The third-order valence-corrected chi connectivity index (χ3v) is 2.06. The van der Waals surface area contributed by atoms with Crippen LogP contribution >= 0.6 is 11.6 Å². The number of H-pyrrole nitrogens is 1. The van der Waals surface area contributed by atoms with Crippen molar-refractivity contribution in [3.63, 3.8) is 0 Å². The Morgan fingerprint density at radius 1 is 1.46 bits per heavy atom. The van der Waals surface area contributed by atoms with E-state index in [9.17, 15) is 4.79 Å². The van der Waals surface area contributed by atoms with Gasteiger partial charge in [0, 0.05) is 5.39 Å². The maximum atomic E-state index is 11.0. The summed E-state index contributed by atoms with van der Waals surface area (Å²) in [5.41, 5.74) is 5.58. The summed E-state index contributed by atoms with van der Waals surface area (Å²) in [6.45, 7) is 0. The topological polar surface area (TPSA) is 71.8 Å². The number of aromatic amines is 1. The summed E-state index contributed by atoms with van der Waals surface area (Å²) < 4.78 is 0. The van der Waals surface area contributed by atoms with E-state index in [1.807, 2.05) is 0 Å². The van der Waals surface area contributed by atoms with Gasteiger partial charge < -0.3 is 10.7 Å². The molecule has 0 amide bonds. The van der Waals surface area contributed by atoms with Crippen LogP contribution < -0.4 is 11.4 Å². The van der Waals surface area contributed by atoms with Crippen LogP contribution in [0.1, 0.15) is 0 Å². The maximum absolute atomic E-state index is 11.0. The molecule has 0 radical (unpaired) electrons. The maximum Gasteiger partial charge on any atom is 0.347 e. The monoisotopic (exact) mass is 195 g/mol. The van der Waals surface area contributed by atoms with Gasteiger partial charge in [0.2, 0.25) is 0 Å². The summed E-state index contributed by atoms with van der Waals surface area (Å²) in [4.78, 5) is 17.0. The van der Waals surface area contributed by atoms with Gasteiger partial charge >= 0.3 is 5.69 Å². The molecule has 0 unspecified atom stereocenters. The Bertz CT molecular complexity index is 520. The van der Waals surface area contributed by atoms with E-state index in [1.165, 1.54) is 0 Å². The normalized spacial score (nSPS) is 10.5. The van der Waals surface area contributed by atoms with E-state index >= 15 is 0 Å². The molecule has 5 heteroatoms. The van der Waals surface area contributed by atoms with Gasteiger partial charge in [0.1, 0.15) is 5.82 Å². The number of nitrogens with one attached hydrogen (secondary N) is 1. The molecule has 0 saturated heterocycles. The Labute approximate surface area is 78.4 Å². The predicted molar refractivity (Wildman–Crippen MR) is 51.8 cm³/mol. The molecule has 3 N–H and O–H groups in total. The van der Waals surface area contributed by atoms with E-state index < -0.39 is 5.69 Å². The smallest absolute Gasteiger partial charge is 0.347 e. The van der Waals surface area contributed by atoms with Crippen LogP contribution in [-0.2, 0) is 0 Å². The molecule has 0 aliphatic carbocycles. The number of halogens is 1. The Morgan fingerprint density at radius 3 is 3.00 bits per heavy atom. The van der Waals surface area contributed by atoms with Crippen LogP contribution in [0.2, 0.25) is 5.02 Å². The molecule has 0 aliphatic heterocycles. The van der Waals surface area contributed by atoms with Gasteiger partial charge in [-0.25, -0.2) is 4.79 Å². The van der Waals surface area contributed by atoms with Crippen molar-refractivity contribution in [1.29, 1.82) is 0 Å². The number of rotatable bonds is 0. The second-order valence-electron chi connectivity index (χ2n) is 2.59. The Hall–Kier alpha value is -1.55. The number of nitrogens with zero attached hydrogens (tertiary/aromatic N) is 1. The predicted octanol–water partition coefficient (Wildman–Crippen LogP) is 1.16. The molecule has 0 aliphatic rings. The molecule has 2 aromatic rings. The Morgan fingerprint density at radius 2 is 2.23 bits per heavy atom. The number of para-hydroxylation sites is 1. The second-order valence-corrected chi connectivity index (χ2v) is 3.00. The van der Waals surface area contributed by atoms with Crippen LogP contribution in [0.5, 0.6) is 0 Å². The zero-order chi connectivity index (χ0) is 9.42. The number of nitrogen functional groups attached to an aromatic ring is 1. The molecule has 0 bridgehead atoms. The minimum atomic E-state index is -0.488. The highest BCUT2D eigenvalue weighted by molar-refractivity contribution is 6.35. The highest BCUT2D eigenvalue weighted by Crippen LogP contribution is 2.22. The van der Waals surface area contributed by atoms with Gasteiger partial charge in [0.15, 0.2) is 0 Å². The van der Waals surface area contributed by atoms with Crippen molar-refractivity contribution in [2.24, 2.45) is 0 Å². The van der Waals surface area contributed by atoms with Crippen molar-refractivity contribution in [3.05, 3.63) is 33.7 Å². The number of benzene rings is 1. The van der Waals surface area contributed by atoms with Gasteiger partial charge in [0.05, 0.1) is 10.5 Å². The van der Waals surface area contributed by atoms with Gasteiger partial charge in [-0.05, 0) is 12.1 Å². The zero-order valence-electron chi connectivity index (χ0n) is 6.54. The molecule has 2 rings (SSSR count). The molecule has 1 aromatic carbocycles. The van der Waals surface area contributed by atoms with E-state index in [0.717, 1.165) is 0 Å². The molecule has 0 saturated carbocycles. The van der Waals surface area contributed by atoms with Crippen LogP contribution in [0.25, 0.3) is 10.9 Å². The largest absolute Gasteiger partial charge is 0.383 e. The molecule has 66 valence electrons. The molecule has 4 nitrogen and oxygen atoms in total. The van der Waals surface area contributed by atoms with Gasteiger partial charge in [-0.15, -0.1) is 0 Å². The number of fused-ring (bicyclic) bond motifs is 1. The number of hydrogen-bond acceptors (Lipinski definition) is 3. The third kappa shape index (κ3) is 1.25. The van der Waals surface area contributed by atoms with Crippen LogP contribution in [0.3, 0.4) is 0 Å². The van der Waals surface area contributed by atoms with Crippen LogP contribution in [-0.4, -0.2) is 9.97 Å². The van der Waals surface area contributed by atoms with Gasteiger partial charge in [-0.3, -0.25) is 0 Å². The zero-order valence-corrected chi connectivity index (χ0v) is 7.30. The van der Waals surface area contributed by atoms with E-state index in [2.05, 4.69) is 9.97 Å². The highest BCUT2D eigenvalue weighted by Gasteiger charge is 2.03. The fourth-order valence-electron chi connectivity index (χ4n) is 1.17. The molecule has 0 spiro atoms. The first-order chi connectivity index (χ1) is 6.18. The SMILES string of the molecule is Nc1nc(=O)[nH]c2c(Cl)cccc12. The molecule has 1 aromatic heterocycles. The fourth-order valence-corrected chi connectivity index (χ4v) is 1.39. The minimum Gasteiger partial charge on any atom is -0.383 e. The number of hydrogen-bond donors (Lipinski definition) is 2. The first-order valence-electron chi connectivity index (χ1n) is 3.62. The summed E-state index contributed by atoms with van der Waals surface area (Å²) in [7, 11) is 0. The standard InChI is InChI=1S/C8H6ClN3O/c9-5-3-1-2-4-6(5)11-8(13)12-7(4)10/h1-3H,(H3,10,11,12,13). The number of anilines is 1. The van der Waals surface area contributed by atoms with E-state index in [4.69, 9.17) is 17.3 Å². The minimum absolute atomic E-state index is 0.196. The lowest BCUT2D eigenvalue weighted by atomic mass is 10.2. The fraction of sp³-hybridized carbons (Fsp3) is 0. The lowest BCUT2D eigenvalue weighted by Gasteiger charge is -2.00. The summed E-state index contributed by atoms with van der Waals surface area (Å²) in [6, 6.07) is 5.18. The molecule has 0 fully saturated rings. The first kappa shape index (κ1) is 8.07. The van der Waals surface area contributed by atoms with E-state index in [-0.39, 0.29) is 5.82 Å². The van der Waals surface area contributed by atoms with E-state index in [1.54, 1.807) is 18.2 Å². The highest BCUT2D eigenvalue weighted by atomic mass is 35.5. The summed E-state index contributed by atoms with van der Waals surface area (Å²) in [5.74, 6) is 0.196. The number of aromatic nitrogens is 2. The van der Waals surface area contributed by atoms with Crippen LogP contribution in [0.4, 0.5) is 5.82 Å². The quantitative estimate of drug-likeness (QED) is 0.663. The van der Waals surface area contributed by atoms with Crippen molar-refractivity contribution < 1.29 is 0 Å². The summed E-state index contributed by atoms with van der Waals surface area (Å²) in [6.07, 6.45) is 0. The molecular weight excluding hydrogens is 190 g/mol. The second kappa shape index (κ2) is 2.74. The average Bonchev–Trinajstić information content (AvgIpc) is 2.07. The first-order valence-corrected chi connectivity index (χ1v) is 4.00. The van der Waals surface area contributed by atoms with Crippen molar-refractivity contribution in [1.82, 2.24) is 9.97 Å². The Balaban J connectivity index is 3.03. The molecule has 1 heterocycles. The number of nitrogens with two attached hydrogens (primary N) is 1. The van der Waals surface area contributed by atoms with Gasteiger partial charge in [0.25, 0.3) is 0 Å². The van der Waals surface area contributed by atoms with Crippen LogP contribution in [0, 0.1) is 0 Å². The lowest BCUT2D eigenvalue weighted by Crippen LogP contribution is -2.12. The lowest BCUT2D eigenvalue weighted by molar-refractivity contribution is 1.13. The molecular formula is C8H6ClN3O. The molecule has 13 heavy (non-hydrogen) atoms. The average molecular weight is 196 g/mol. The van der Waals surface area contributed by atoms with E-state index in [0.29, 0.717) is 15.9 Å². The third-order valence-electron chi connectivity index (χ3n) is 1.74. The van der Waals surface area contributed by atoms with Crippen molar-refractivity contribution in [2.45, 2.75) is 0 Å². The van der Waals surface area contributed by atoms with Crippen LogP contribution in [0.15, 0.2) is 23.0 Å². The summed E-state index contributed by atoms with van der Waals surface area (Å²) >= 11 is 5.85. The van der Waals surface area contributed by atoms with Gasteiger partial charge in [-0.1, -0.05) is 17.7 Å². The molecule has 0 atom stereocenters. The van der Waals surface area contributed by atoms with Crippen molar-refractivity contribution in [2.75, 3.05) is 5.73 Å². The van der Waals surface area contributed by atoms with Crippen molar-refractivity contribution in [3.8, 4) is 0 Å². The summed E-state index contributed by atoms with van der Waals surface area (Å²) in [5, 5.41) is 1.12.